The van der Waals surface area contributed by atoms with Crippen LogP contribution in [-0.2, 0) is 6.54 Å². The van der Waals surface area contributed by atoms with E-state index in [2.05, 4.69) is 0 Å². The molecule has 0 N–H and O–H groups in total. The van der Waals surface area contributed by atoms with Crippen LogP contribution in [0.25, 0.3) is 0 Å². The van der Waals surface area contributed by atoms with E-state index >= 15 is 0 Å². The van der Waals surface area contributed by atoms with Gasteiger partial charge < -0.3 is 21.9 Å². The lowest BCUT2D eigenvalue weighted by atomic mass is 10.2. The summed E-state index contributed by atoms with van der Waals surface area (Å²) in [6.07, 6.45) is 3.85. The standard InChI is InChI=1S/C17H20ClN2O.BrH/c1-3-20(4-2)17(21)15-8-6-10-19(13-15)12-14-7-5-9-16(18)11-14;/h5-11,13H,3-4,12H2,1-2H3;1H/q+1;/p-1. The SMILES string of the molecule is CCN(CC)C(=O)c1ccc[n+](Cc2cccc(Cl)c2)c1.[Br-]. The Balaban J connectivity index is 0.00000242. The zero-order chi connectivity index (χ0) is 15.2. The first-order chi connectivity index (χ1) is 10.1. The average molecular weight is 384 g/mol. The van der Waals surface area contributed by atoms with Gasteiger partial charge in [0.15, 0.2) is 18.9 Å². The first-order valence-electron chi connectivity index (χ1n) is 7.16. The Morgan fingerprint density at radius 1 is 1.18 bits per heavy atom. The Labute approximate surface area is 147 Å². The van der Waals surface area contributed by atoms with Crippen molar-refractivity contribution in [2.45, 2.75) is 20.4 Å². The predicted molar refractivity (Wildman–Crippen MR) is 84.4 cm³/mol. The normalized spacial score (nSPS) is 9.95. The second kappa shape index (κ2) is 8.91. The highest BCUT2D eigenvalue weighted by Crippen LogP contribution is 2.10. The summed E-state index contributed by atoms with van der Waals surface area (Å²) in [6.45, 7) is 6.12. The molecule has 0 aliphatic heterocycles. The van der Waals surface area contributed by atoms with Crippen LogP contribution < -0.4 is 21.5 Å². The monoisotopic (exact) mass is 382 g/mol. The minimum Gasteiger partial charge on any atom is -1.00 e. The highest BCUT2D eigenvalue weighted by atomic mass is 79.9. The molecule has 3 nitrogen and oxygen atoms in total. The van der Waals surface area contributed by atoms with Crippen molar-refractivity contribution in [1.29, 1.82) is 0 Å². The number of amides is 1. The summed E-state index contributed by atoms with van der Waals surface area (Å²) in [5.74, 6) is 0.0699. The van der Waals surface area contributed by atoms with Crippen molar-refractivity contribution in [2.24, 2.45) is 0 Å². The Morgan fingerprint density at radius 3 is 2.55 bits per heavy atom. The smallest absolute Gasteiger partial charge is 0.259 e. The van der Waals surface area contributed by atoms with Gasteiger partial charge in [-0.3, -0.25) is 4.79 Å². The molecular formula is C17H20BrClN2O. The zero-order valence-electron chi connectivity index (χ0n) is 12.8. The van der Waals surface area contributed by atoms with E-state index < -0.39 is 0 Å². The maximum Gasteiger partial charge on any atom is 0.259 e. The van der Waals surface area contributed by atoms with Gasteiger partial charge in [0.05, 0.1) is 0 Å². The van der Waals surface area contributed by atoms with Crippen LogP contribution in [0.5, 0.6) is 0 Å². The summed E-state index contributed by atoms with van der Waals surface area (Å²) in [5, 5.41) is 0.725. The van der Waals surface area contributed by atoms with Crippen molar-refractivity contribution in [3.63, 3.8) is 0 Å². The molecule has 0 fully saturated rings. The lowest BCUT2D eigenvalue weighted by Gasteiger charge is -2.17. The first-order valence-corrected chi connectivity index (χ1v) is 7.54. The molecule has 0 radical (unpaired) electrons. The summed E-state index contributed by atoms with van der Waals surface area (Å²) in [5.41, 5.74) is 1.82. The van der Waals surface area contributed by atoms with Crippen molar-refractivity contribution in [3.05, 3.63) is 64.9 Å². The molecule has 1 aromatic heterocycles. The molecule has 5 heteroatoms. The van der Waals surface area contributed by atoms with Gasteiger partial charge in [0.25, 0.3) is 5.91 Å². The molecule has 0 saturated carbocycles. The third-order valence-electron chi connectivity index (χ3n) is 3.41. The van der Waals surface area contributed by atoms with Crippen LogP contribution in [0.3, 0.4) is 0 Å². The minimum atomic E-state index is 0. The van der Waals surface area contributed by atoms with Gasteiger partial charge in [0.2, 0.25) is 0 Å². The van der Waals surface area contributed by atoms with E-state index in [-0.39, 0.29) is 22.9 Å². The molecule has 1 amide bonds. The Bertz CT molecular complexity index is 630. The van der Waals surface area contributed by atoms with E-state index in [0.717, 1.165) is 23.7 Å². The van der Waals surface area contributed by atoms with Crippen molar-refractivity contribution in [2.75, 3.05) is 13.1 Å². The first kappa shape index (κ1) is 18.7. The van der Waals surface area contributed by atoms with Gasteiger partial charge in [-0.2, -0.15) is 4.57 Å². The number of pyridine rings is 1. The largest absolute Gasteiger partial charge is 1.00 e. The summed E-state index contributed by atoms with van der Waals surface area (Å²) in [6, 6.07) is 11.5. The third-order valence-corrected chi connectivity index (χ3v) is 3.65. The molecule has 2 rings (SSSR count). The number of nitrogens with zero attached hydrogens (tertiary/aromatic N) is 2. The third kappa shape index (κ3) is 4.82. The van der Waals surface area contributed by atoms with Gasteiger partial charge in [0.1, 0.15) is 5.56 Å². The van der Waals surface area contributed by atoms with Crippen molar-refractivity contribution < 1.29 is 26.3 Å². The van der Waals surface area contributed by atoms with Crippen LogP contribution in [0.1, 0.15) is 29.8 Å². The summed E-state index contributed by atoms with van der Waals surface area (Å²) in [7, 11) is 0. The van der Waals surface area contributed by atoms with E-state index in [4.69, 9.17) is 11.6 Å². The number of halogens is 2. The second-order valence-electron chi connectivity index (χ2n) is 4.87. The van der Waals surface area contributed by atoms with E-state index in [1.165, 1.54) is 0 Å². The van der Waals surface area contributed by atoms with E-state index in [9.17, 15) is 4.79 Å². The number of benzene rings is 1. The molecule has 118 valence electrons. The Kier molecular flexibility index (Phi) is 7.56. The molecular weight excluding hydrogens is 364 g/mol. The molecule has 0 saturated heterocycles. The maximum absolute atomic E-state index is 12.4. The van der Waals surface area contributed by atoms with Crippen LogP contribution in [0.2, 0.25) is 5.02 Å². The van der Waals surface area contributed by atoms with E-state index in [1.54, 1.807) is 0 Å². The van der Waals surface area contributed by atoms with Crippen molar-refractivity contribution in [1.82, 2.24) is 4.90 Å². The summed E-state index contributed by atoms with van der Waals surface area (Å²) in [4.78, 5) is 14.2. The van der Waals surface area contributed by atoms with Crippen LogP contribution in [0.4, 0.5) is 0 Å². The van der Waals surface area contributed by atoms with Gasteiger partial charge in [-0.25, -0.2) is 0 Å². The lowest BCUT2D eigenvalue weighted by Crippen LogP contribution is -3.00. The fourth-order valence-electron chi connectivity index (χ4n) is 2.29. The number of hydrogen-bond donors (Lipinski definition) is 0. The van der Waals surface area contributed by atoms with Gasteiger partial charge in [0, 0.05) is 29.7 Å². The lowest BCUT2D eigenvalue weighted by molar-refractivity contribution is -0.688. The topological polar surface area (TPSA) is 24.2 Å². The van der Waals surface area contributed by atoms with Gasteiger partial charge >= 0.3 is 0 Å². The molecule has 0 unspecified atom stereocenters. The van der Waals surface area contributed by atoms with Crippen LogP contribution in [0.15, 0.2) is 48.8 Å². The summed E-state index contributed by atoms with van der Waals surface area (Å²) >= 11 is 6.00. The molecule has 22 heavy (non-hydrogen) atoms. The Hall–Kier alpha value is -1.39. The van der Waals surface area contributed by atoms with Crippen molar-refractivity contribution in [3.8, 4) is 0 Å². The zero-order valence-corrected chi connectivity index (χ0v) is 15.1. The molecule has 0 spiro atoms. The average Bonchev–Trinajstić information content (AvgIpc) is 2.48. The number of aromatic nitrogens is 1. The molecule has 1 aromatic carbocycles. The van der Waals surface area contributed by atoms with Gasteiger partial charge in [-0.1, -0.05) is 23.7 Å². The maximum atomic E-state index is 12.4. The van der Waals surface area contributed by atoms with Crippen LogP contribution >= 0.6 is 11.6 Å². The fourth-order valence-corrected chi connectivity index (χ4v) is 2.50. The van der Waals surface area contributed by atoms with Crippen molar-refractivity contribution >= 4 is 17.5 Å². The molecule has 2 aromatic rings. The number of hydrogen-bond acceptors (Lipinski definition) is 1. The number of carbonyl (C=O) groups excluding carboxylic acids is 1. The number of rotatable bonds is 5. The van der Waals surface area contributed by atoms with Gasteiger partial charge in [-0.15, -0.1) is 0 Å². The van der Waals surface area contributed by atoms with E-state index in [1.807, 2.05) is 72.1 Å². The molecule has 1 heterocycles. The highest BCUT2D eigenvalue weighted by molar-refractivity contribution is 6.30. The molecule has 0 aliphatic carbocycles. The molecule has 0 bridgehead atoms. The molecule has 0 atom stereocenters. The van der Waals surface area contributed by atoms with E-state index in [0.29, 0.717) is 12.1 Å². The van der Waals surface area contributed by atoms with Crippen LogP contribution in [-0.4, -0.2) is 23.9 Å². The minimum absolute atomic E-state index is 0. The number of carbonyl (C=O) groups is 1. The van der Waals surface area contributed by atoms with Crippen LogP contribution in [0, 0.1) is 0 Å². The Morgan fingerprint density at radius 2 is 1.91 bits per heavy atom. The fraction of sp³-hybridized carbons (Fsp3) is 0.294. The van der Waals surface area contributed by atoms with Gasteiger partial charge in [-0.05, 0) is 32.0 Å². The molecule has 0 aliphatic rings. The summed E-state index contributed by atoms with van der Waals surface area (Å²) < 4.78 is 2.00. The highest BCUT2D eigenvalue weighted by Gasteiger charge is 2.15. The predicted octanol–water partition coefficient (Wildman–Crippen LogP) is 0.162. The quantitative estimate of drug-likeness (QED) is 0.675. The second-order valence-corrected chi connectivity index (χ2v) is 5.31.